The van der Waals surface area contributed by atoms with Crippen LogP contribution in [-0.2, 0) is 9.59 Å². The molecule has 1 spiro atoms. The van der Waals surface area contributed by atoms with Crippen molar-refractivity contribution in [3.8, 4) is 0 Å². The van der Waals surface area contributed by atoms with Crippen molar-refractivity contribution in [2.45, 2.75) is 51.5 Å². The van der Waals surface area contributed by atoms with Crippen LogP contribution in [0.2, 0.25) is 0 Å². The molecule has 0 unspecified atom stereocenters. The van der Waals surface area contributed by atoms with Crippen molar-refractivity contribution in [1.82, 2.24) is 10.2 Å². The first-order valence-electron chi connectivity index (χ1n) is 6.64. The van der Waals surface area contributed by atoms with Gasteiger partial charge in [-0.25, -0.2) is 0 Å². The highest BCUT2D eigenvalue weighted by atomic mass is 16.2. The Bertz CT molecular complexity index is 319. The molecule has 2 rings (SSSR count). The minimum absolute atomic E-state index is 0.00662. The van der Waals surface area contributed by atoms with Crippen LogP contribution in [-0.4, -0.2) is 35.3 Å². The lowest BCUT2D eigenvalue weighted by Crippen LogP contribution is -2.67. The molecule has 96 valence electrons. The monoisotopic (exact) mass is 238 g/mol. The zero-order valence-corrected chi connectivity index (χ0v) is 10.8. The summed E-state index contributed by atoms with van der Waals surface area (Å²) in [5, 5.41) is 2.95. The van der Waals surface area contributed by atoms with Gasteiger partial charge in [-0.2, -0.15) is 0 Å². The molecular weight excluding hydrogens is 216 g/mol. The van der Waals surface area contributed by atoms with E-state index in [-0.39, 0.29) is 18.4 Å². The number of nitrogens with zero attached hydrogens (tertiary/aromatic N) is 1. The number of carbonyl (C=O) groups excluding carboxylic acids is 2. The third-order valence-electron chi connectivity index (χ3n) is 3.70. The quantitative estimate of drug-likeness (QED) is 0.788. The summed E-state index contributed by atoms with van der Waals surface area (Å²) in [7, 11) is 0. The molecule has 1 heterocycles. The molecule has 2 amide bonds. The Labute approximate surface area is 103 Å². The maximum Gasteiger partial charge on any atom is 0.248 e. The molecule has 1 saturated heterocycles. The van der Waals surface area contributed by atoms with Crippen LogP contribution < -0.4 is 5.32 Å². The van der Waals surface area contributed by atoms with E-state index in [2.05, 4.69) is 19.2 Å². The molecule has 2 aliphatic rings. The second kappa shape index (κ2) is 4.67. The summed E-state index contributed by atoms with van der Waals surface area (Å²) in [6.45, 7) is 5.08. The van der Waals surface area contributed by atoms with E-state index < -0.39 is 5.54 Å². The highest BCUT2D eigenvalue weighted by Crippen LogP contribution is 2.32. The van der Waals surface area contributed by atoms with Gasteiger partial charge in [0.15, 0.2) is 0 Å². The van der Waals surface area contributed by atoms with Crippen molar-refractivity contribution >= 4 is 11.8 Å². The summed E-state index contributed by atoms with van der Waals surface area (Å²) in [4.78, 5) is 26.0. The number of rotatable bonds is 2. The first-order valence-corrected chi connectivity index (χ1v) is 6.64. The van der Waals surface area contributed by atoms with E-state index in [1.54, 1.807) is 4.90 Å². The van der Waals surface area contributed by atoms with Gasteiger partial charge in [-0.05, 0) is 18.8 Å². The summed E-state index contributed by atoms with van der Waals surface area (Å²) in [6, 6.07) is 0. The van der Waals surface area contributed by atoms with Crippen molar-refractivity contribution in [1.29, 1.82) is 0 Å². The molecule has 0 atom stereocenters. The maximum atomic E-state index is 12.5. The van der Waals surface area contributed by atoms with E-state index in [0.717, 1.165) is 25.7 Å². The lowest BCUT2D eigenvalue weighted by Gasteiger charge is -2.44. The third-order valence-corrected chi connectivity index (χ3v) is 3.70. The van der Waals surface area contributed by atoms with E-state index >= 15 is 0 Å². The second-order valence-electron chi connectivity index (χ2n) is 5.77. The van der Waals surface area contributed by atoms with Crippen LogP contribution in [0.3, 0.4) is 0 Å². The Morgan fingerprint density at radius 1 is 1.24 bits per heavy atom. The molecule has 0 radical (unpaired) electrons. The second-order valence-corrected chi connectivity index (χ2v) is 5.77. The van der Waals surface area contributed by atoms with Gasteiger partial charge in [-0.15, -0.1) is 0 Å². The molecule has 0 aromatic carbocycles. The summed E-state index contributed by atoms with van der Waals surface area (Å²) in [5.74, 6) is 0.558. The van der Waals surface area contributed by atoms with Crippen LogP contribution in [0.5, 0.6) is 0 Å². The molecule has 0 aromatic rings. The van der Waals surface area contributed by atoms with Gasteiger partial charge in [-0.3, -0.25) is 9.59 Å². The zero-order chi connectivity index (χ0) is 12.5. The SMILES string of the molecule is CC(C)CN1CC(=O)NC2(CCCCC2)C1=O. The number of carbonyl (C=O) groups is 2. The van der Waals surface area contributed by atoms with E-state index in [0.29, 0.717) is 12.5 Å². The number of piperazine rings is 1. The first-order chi connectivity index (χ1) is 8.03. The van der Waals surface area contributed by atoms with Crippen molar-refractivity contribution < 1.29 is 9.59 Å². The van der Waals surface area contributed by atoms with Gasteiger partial charge in [0.25, 0.3) is 0 Å². The van der Waals surface area contributed by atoms with Gasteiger partial charge in [0.2, 0.25) is 11.8 Å². The largest absolute Gasteiger partial charge is 0.340 e. The standard InChI is InChI=1S/C13H22N2O2/c1-10(2)8-15-9-11(16)14-13(12(15)17)6-4-3-5-7-13/h10H,3-9H2,1-2H3,(H,14,16). The maximum absolute atomic E-state index is 12.5. The van der Waals surface area contributed by atoms with E-state index in [1.807, 2.05) is 0 Å². The van der Waals surface area contributed by atoms with Gasteiger partial charge >= 0.3 is 0 Å². The van der Waals surface area contributed by atoms with Gasteiger partial charge in [0, 0.05) is 6.54 Å². The highest BCUT2D eigenvalue weighted by molar-refractivity contribution is 5.98. The van der Waals surface area contributed by atoms with Crippen molar-refractivity contribution in [2.24, 2.45) is 5.92 Å². The zero-order valence-electron chi connectivity index (χ0n) is 10.8. The number of hydrogen-bond acceptors (Lipinski definition) is 2. The molecule has 4 heteroatoms. The van der Waals surface area contributed by atoms with E-state index in [1.165, 1.54) is 6.42 Å². The lowest BCUT2D eigenvalue weighted by atomic mass is 9.79. The fourth-order valence-electron chi connectivity index (χ4n) is 2.99. The van der Waals surface area contributed by atoms with Crippen LogP contribution in [0.25, 0.3) is 0 Å². The smallest absolute Gasteiger partial charge is 0.248 e. The van der Waals surface area contributed by atoms with Crippen molar-refractivity contribution in [2.75, 3.05) is 13.1 Å². The fraction of sp³-hybridized carbons (Fsp3) is 0.846. The number of amides is 2. The first kappa shape index (κ1) is 12.4. The number of nitrogens with one attached hydrogen (secondary N) is 1. The average molecular weight is 238 g/mol. The molecule has 1 N–H and O–H groups in total. The van der Waals surface area contributed by atoms with Gasteiger partial charge < -0.3 is 10.2 Å². The molecule has 0 bridgehead atoms. The molecule has 1 aliphatic heterocycles. The Balaban J connectivity index is 2.16. The average Bonchev–Trinajstić information content (AvgIpc) is 2.26. The van der Waals surface area contributed by atoms with Gasteiger partial charge in [0.1, 0.15) is 5.54 Å². The van der Waals surface area contributed by atoms with Crippen molar-refractivity contribution in [3.05, 3.63) is 0 Å². The van der Waals surface area contributed by atoms with E-state index in [9.17, 15) is 9.59 Å². The number of hydrogen-bond donors (Lipinski definition) is 1. The van der Waals surface area contributed by atoms with Crippen molar-refractivity contribution in [3.63, 3.8) is 0 Å². The summed E-state index contributed by atoms with van der Waals surface area (Å²) < 4.78 is 0. The molecule has 0 aromatic heterocycles. The molecule has 1 saturated carbocycles. The predicted octanol–water partition coefficient (Wildman–Crippen LogP) is 1.30. The van der Waals surface area contributed by atoms with E-state index in [4.69, 9.17) is 0 Å². The summed E-state index contributed by atoms with van der Waals surface area (Å²) >= 11 is 0. The lowest BCUT2D eigenvalue weighted by molar-refractivity contribution is -0.152. The third kappa shape index (κ3) is 2.45. The Kier molecular flexibility index (Phi) is 3.40. The fourth-order valence-corrected chi connectivity index (χ4v) is 2.99. The minimum Gasteiger partial charge on any atom is -0.340 e. The summed E-state index contributed by atoms with van der Waals surface area (Å²) in [5.41, 5.74) is -0.567. The molecule has 4 nitrogen and oxygen atoms in total. The van der Waals surface area contributed by atoms with Crippen LogP contribution in [0.15, 0.2) is 0 Å². The minimum atomic E-state index is -0.567. The van der Waals surface area contributed by atoms with Crippen LogP contribution in [0, 0.1) is 5.92 Å². The molecule has 2 fully saturated rings. The Hall–Kier alpha value is -1.06. The van der Waals surface area contributed by atoms with Gasteiger partial charge in [0.05, 0.1) is 6.54 Å². The predicted molar refractivity (Wildman–Crippen MR) is 65.4 cm³/mol. The van der Waals surface area contributed by atoms with Crippen LogP contribution >= 0.6 is 0 Å². The van der Waals surface area contributed by atoms with Gasteiger partial charge in [-0.1, -0.05) is 33.1 Å². The summed E-state index contributed by atoms with van der Waals surface area (Å²) in [6.07, 6.45) is 4.89. The Morgan fingerprint density at radius 3 is 2.47 bits per heavy atom. The molecular formula is C13H22N2O2. The van der Waals surface area contributed by atoms with Crippen LogP contribution in [0.1, 0.15) is 46.0 Å². The highest BCUT2D eigenvalue weighted by Gasteiger charge is 2.46. The normalized spacial score (nSPS) is 24.3. The Morgan fingerprint density at radius 2 is 1.88 bits per heavy atom. The van der Waals surface area contributed by atoms with Crippen LogP contribution in [0.4, 0.5) is 0 Å². The molecule has 1 aliphatic carbocycles. The topological polar surface area (TPSA) is 49.4 Å². The molecule has 17 heavy (non-hydrogen) atoms.